The van der Waals surface area contributed by atoms with E-state index >= 15 is 0 Å². The lowest BCUT2D eigenvalue weighted by Gasteiger charge is -2.10. The number of allylic oxidation sites excluding steroid dienone is 3. The predicted octanol–water partition coefficient (Wildman–Crippen LogP) is 3.67. The number of hydrogen-bond acceptors (Lipinski definition) is 1. The van der Waals surface area contributed by atoms with Gasteiger partial charge in [0.2, 0.25) is 0 Å². The molecule has 0 amide bonds. The van der Waals surface area contributed by atoms with Gasteiger partial charge in [0.1, 0.15) is 5.76 Å². The lowest BCUT2D eigenvalue weighted by molar-refractivity contribution is 0.235. The molecule has 13 heavy (non-hydrogen) atoms. The lowest BCUT2D eigenvalue weighted by atomic mass is 10.0. The van der Waals surface area contributed by atoms with Crippen molar-refractivity contribution in [2.24, 2.45) is 5.92 Å². The summed E-state index contributed by atoms with van der Waals surface area (Å²) in [6.07, 6.45) is 8.07. The highest BCUT2D eigenvalue weighted by atomic mass is 16.5. The van der Waals surface area contributed by atoms with E-state index in [0.717, 1.165) is 25.2 Å². The fourth-order valence-electron chi connectivity index (χ4n) is 1.72. The molecular formula is C12H20O. The van der Waals surface area contributed by atoms with Crippen molar-refractivity contribution in [3.8, 4) is 0 Å². The van der Waals surface area contributed by atoms with Crippen molar-refractivity contribution in [1.82, 2.24) is 0 Å². The number of ether oxygens (including phenoxy) is 1. The van der Waals surface area contributed by atoms with E-state index in [4.69, 9.17) is 4.74 Å². The standard InChI is InChI=1S/C12H20O/c1-4-11-9-10(3)7-6-8-12(11)13-5-2/h8-10H,4-7H2,1-3H3. The molecule has 0 saturated heterocycles. The Morgan fingerprint density at radius 2 is 2.23 bits per heavy atom. The molecule has 0 fully saturated rings. The maximum absolute atomic E-state index is 5.61. The second kappa shape index (κ2) is 5.11. The summed E-state index contributed by atoms with van der Waals surface area (Å²) in [5, 5.41) is 0. The van der Waals surface area contributed by atoms with Crippen LogP contribution in [-0.4, -0.2) is 6.61 Å². The van der Waals surface area contributed by atoms with Crippen LogP contribution < -0.4 is 0 Å². The van der Waals surface area contributed by atoms with Gasteiger partial charge in [-0.15, -0.1) is 0 Å². The van der Waals surface area contributed by atoms with Gasteiger partial charge in [-0.1, -0.05) is 19.9 Å². The summed E-state index contributed by atoms with van der Waals surface area (Å²) in [7, 11) is 0. The first-order chi connectivity index (χ1) is 6.27. The van der Waals surface area contributed by atoms with Crippen molar-refractivity contribution in [1.29, 1.82) is 0 Å². The molecule has 1 nitrogen and oxygen atoms in total. The molecule has 0 heterocycles. The zero-order valence-corrected chi connectivity index (χ0v) is 8.97. The molecule has 0 aromatic rings. The second-order valence-electron chi connectivity index (χ2n) is 3.60. The topological polar surface area (TPSA) is 9.23 Å². The summed E-state index contributed by atoms with van der Waals surface area (Å²) >= 11 is 0. The zero-order valence-electron chi connectivity index (χ0n) is 8.97. The summed E-state index contributed by atoms with van der Waals surface area (Å²) in [4.78, 5) is 0. The Morgan fingerprint density at radius 3 is 2.85 bits per heavy atom. The summed E-state index contributed by atoms with van der Waals surface area (Å²) in [6, 6.07) is 0. The molecule has 1 rings (SSSR count). The summed E-state index contributed by atoms with van der Waals surface area (Å²) in [5.41, 5.74) is 1.38. The Labute approximate surface area is 81.5 Å². The van der Waals surface area contributed by atoms with E-state index in [0.29, 0.717) is 5.92 Å². The van der Waals surface area contributed by atoms with Crippen molar-refractivity contribution in [3.63, 3.8) is 0 Å². The van der Waals surface area contributed by atoms with Crippen LogP contribution in [0.25, 0.3) is 0 Å². The minimum absolute atomic E-state index is 0.698. The molecule has 0 bridgehead atoms. The van der Waals surface area contributed by atoms with Gasteiger partial charge in [-0.25, -0.2) is 0 Å². The average Bonchev–Trinajstić information content (AvgIpc) is 2.29. The number of rotatable bonds is 3. The van der Waals surface area contributed by atoms with Crippen molar-refractivity contribution in [2.45, 2.75) is 40.0 Å². The van der Waals surface area contributed by atoms with Gasteiger partial charge in [0, 0.05) is 0 Å². The highest BCUT2D eigenvalue weighted by Crippen LogP contribution is 2.24. The monoisotopic (exact) mass is 180 g/mol. The van der Waals surface area contributed by atoms with Crippen molar-refractivity contribution >= 4 is 0 Å². The van der Waals surface area contributed by atoms with Gasteiger partial charge in [-0.2, -0.15) is 0 Å². The van der Waals surface area contributed by atoms with E-state index in [2.05, 4.69) is 26.0 Å². The van der Waals surface area contributed by atoms with Gasteiger partial charge < -0.3 is 4.74 Å². The Morgan fingerprint density at radius 1 is 1.46 bits per heavy atom. The summed E-state index contributed by atoms with van der Waals surface area (Å²) < 4.78 is 5.61. The third kappa shape index (κ3) is 2.91. The van der Waals surface area contributed by atoms with Crippen molar-refractivity contribution < 1.29 is 4.74 Å². The van der Waals surface area contributed by atoms with Crippen LogP contribution in [0.3, 0.4) is 0 Å². The molecule has 74 valence electrons. The van der Waals surface area contributed by atoms with Gasteiger partial charge in [-0.3, -0.25) is 0 Å². The first-order valence-electron chi connectivity index (χ1n) is 5.32. The van der Waals surface area contributed by atoms with Crippen molar-refractivity contribution in [3.05, 3.63) is 23.5 Å². The van der Waals surface area contributed by atoms with Crippen LogP contribution in [0.15, 0.2) is 23.5 Å². The van der Waals surface area contributed by atoms with Gasteiger partial charge in [0.25, 0.3) is 0 Å². The Bertz CT molecular complexity index is 213. The van der Waals surface area contributed by atoms with Gasteiger partial charge in [0.15, 0.2) is 0 Å². The quantitative estimate of drug-likeness (QED) is 0.644. The smallest absolute Gasteiger partial charge is 0.118 e. The SMILES string of the molecule is CCOC1=CCCC(C)C=C1CC. The molecule has 0 aliphatic heterocycles. The lowest BCUT2D eigenvalue weighted by Crippen LogP contribution is -1.95. The maximum atomic E-state index is 5.61. The van der Waals surface area contributed by atoms with Crippen LogP contribution in [0.1, 0.15) is 40.0 Å². The fraction of sp³-hybridized carbons (Fsp3) is 0.667. The first kappa shape index (κ1) is 10.4. The molecule has 0 N–H and O–H groups in total. The van der Waals surface area contributed by atoms with Gasteiger partial charge in [0.05, 0.1) is 6.61 Å². The summed E-state index contributed by atoms with van der Waals surface area (Å²) in [5.74, 6) is 1.82. The molecule has 0 saturated carbocycles. The third-order valence-electron chi connectivity index (χ3n) is 2.43. The third-order valence-corrected chi connectivity index (χ3v) is 2.43. The van der Waals surface area contributed by atoms with Crippen LogP contribution in [0.2, 0.25) is 0 Å². The molecule has 0 aromatic heterocycles. The van der Waals surface area contributed by atoms with Crippen LogP contribution in [0.4, 0.5) is 0 Å². The molecule has 1 atom stereocenters. The molecule has 1 unspecified atom stereocenters. The van der Waals surface area contributed by atoms with Gasteiger partial charge >= 0.3 is 0 Å². The minimum Gasteiger partial charge on any atom is -0.494 e. The Kier molecular flexibility index (Phi) is 4.07. The van der Waals surface area contributed by atoms with E-state index in [1.165, 1.54) is 12.0 Å². The summed E-state index contributed by atoms with van der Waals surface area (Å²) in [6.45, 7) is 7.29. The van der Waals surface area contributed by atoms with Crippen molar-refractivity contribution in [2.75, 3.05) is 6.61 Å². The van der Waals surface area contributed by atoms with E-state index in [1.54, 1.807) is 0 Å². The molecule has 0 radical (unpaired) electrons. The van der Waals surface area contributed by atoms with Crippen LogP contribution in [0, 0.1) is 5.92 Å². The molecule has 1 aliphatic carbocycles. The van der Waals surface area contributed by atoms with Gasteiger partial charge in [-0.05, 0) is 43.8 Å². The number of hydrogen-bond donors (Lipinski definition) is 0. The van der Waals surface area contributed by atoms with Crippen LogP contribution in [-0.2, 0) is 4.74 Å². The molecule has 0 aromatic carbocycles. The molecule has 1 heteroatoms. The average molecular weight is 180 g/mol. The molecular weight excluding hydrogens is 160 g/mol. The molecule has 1 aliphatic rings. The minimum atomic E-state index is 0.698. The molecule has 0 spiro atoms. The first-order valence-corrected chi connectivity index (χ1v) is 5.32. The van der Waals surface area contributed by atoms with E-state index in [-0.39, 0.29) is 0 Å². The van der Waals surface area contributed by atoms with E-state index < -0.39 is 0 Å². The predicted molar refractivity (Wildman–Crippen MR) is 56.5 cm³/mol. The Hall–Kier alpha value is -0.720. The highest BCUT2D eigenvalue weighted by Gasteiger charge is 2.10. The normalized spacial score (nSPS) is 23.2. The van der Waals surface area contributed by atoms with E-state index in [9.17, 15) is 0 Å². The van der Waals surface area contributed by atoms with Crippen LogP contribution >= 0.6 is 0 Å². The largest absolute Gasteiger partial charge is 0.494 e. The Balaban J connectivity index is 2.76. The zero-order chi connectivity index (χ0) is 9.68. The highest BCUT2D eigenvalue weighted by molar-refractivity contribution is 5.27. The van der Waals surface area contributed by atoms with E-state index in [1.807, 2.05) is 6.92 Å². The maximum Gasteiger partial charge on any atom is 0.118 e. The second-order valence-corrected chi connectivity index (χ2v) is 3.60. The van der Waals surface area contributed by atoms with Crippen LogP contribution in [0.5, 0.6) is 0 Å². The fourth-order valence-corrected chi connectivity index (χ4v) is 1.72.